The molecule has 0 saturated heterocycles. The van der Waals surface area contributed by atoms with Crippen molar-refractivity contribution >= 4 is 11.8 Å². The van der Waals surface area contributed by atoms with E-state index in [0.717, 1.165) is 41.3 Å². The van der Waals surface area contributed by atoms with Crippen LogP contribution in [-0.2, 0) is 11.8 Å². The molecule has 0 aliphatic heterocycles. The normalized spacial score (nSPS) is 11.1. The number of aryl methyl sites for hydroxylation is 1. The van der Waals surface area contributed by atoms with Crippen molar-refractivity contribution in [1.29, 1.82) is 0 Å². The van der Waals surface area contributed by atoms with Gasteiger partial charge in [-0.25, -0.2) is 0 Å². The number of rotatable bonds is 6. The zero-order chi connectivity index (χ0) is 13.0. The van der Waals surface area contributed by atoms with Crippen molar-refractivity contribution in [1.82, 2.24) is 14.8 Å². The van der Waals surface area contributed by atoms with Gasteiger partial charge in [0.25, 0.3) is 0 Å². The van der Waals surface area contributed by atoms with E-state index in [4.69, 9.17) is 9.15 Å². The Morgan fingerprint density at radius 2 is 2.28 bits per heavy atom. The van der Waals surface area contributed by atoms with Crippen molar-refractivity contribution in [3.8, 4) is 11.4 Å². The summed E-state index contributed by atoms with van der Waals surface area (Å²) >= 11 is 1.64. The van der Waals surface area contributed by atoms with Gasteiger partial charge in [-0.2, -0.15) is 0 Å². The van der Waals surface area contributed by atoms with Crippen LogP contribution < -0.4 is 0 Å². The Bertz CT molecular complexity index is 507. The minimum absolute atomic E-state index is 0.730. The predicted octanol–water partition coefficient (Wildman–Crippen LogP) is 2.51. The minimum atomic E-state index is 0.730. The van der Waals surface area contributed by atoms with Crippen LogP contribution in [0.4, 0.5) is 0 Å². The summed E-state index contributed by atoms with van der Waals surface area (Å²) < 4.78 is 12.6. The Labute approximate surface area is 111 Å². The molecular weight excluding hydrogens is 250 g/mol. The molecule has 0 bridgehead atoms. The van der Waals surface area contributed by atoms with Gasteiger partial charge in [0.2, 0.25) is 0 Å². The molecule has 2 rings (SSSR count). The van der Waals surface area contributed by atoms with Gasteiger partial charge in [-0.1, -0.05) is 11.8 Å². The largest absolute Gasteiger partial charge is 0.469 e. The van der Waals surface area contributed by atoms with Gasteiger partial charge < -0.3 is 13.7 Å². The molecule has 0 radical (unpaired) electrons. The Kier molecular flexibility index (Phi) is 4.43. The summed E-state index contributed by atoms with van der Waals surface area (Å²) in [7, 11) is 1.96. The standard InChI is InChI=1S/C12H17N3O2S/c1-4-16-7-8-18-12-14-13-11(15(12)3)10-5-6-17-9(10)2/h5-6H,4,7-8H2,1-3H3. The van der Waals surface area contributed by atoms with Crippen molar-refractivity contribution in [2.75, 3.05) is 19.0 Å². The summed E-state index contributed by atoms with van der Waals surface area (Å²) in [6.45, 7) is 5.39. The number of hydrogen-bond acceptors (Lipinski definition) is 5. The lowest BCUT2D eigenvalue weighted by molar-refractivity contribution is 0.164. The average Bonchev–Trinajstić information content (AvgIpc) is 2.92. The van der Waals surface area contributed by atoms with E-state index in [0.29, 0.717) is 0 Å². The maximum absolute atomic E-state index is 5.30. The quantitative estimate of drug-likeness (QED) is 0.594. The molecule has 0 amide bonds. The van der Waals surface area contributed by atoms with E-state index in [1.165, 1.54) is 0 Å². The fourth-order valence-electron chi connectivity index (χ4n) is 1.63. The zero-order valence-corrected chi connectivity index (χ0v) is 11.7. The first-order chi connectivity index (χ1) is 8.74. The number of ether oxygens (including phenoxy) is 1. The number of hydrogen-bond donors (Lipinski definition) is 0. The molecule has 2 aromatic heterocycles. The van der Waals surface area contributed by atoms with Crippen molar-refractivity contribution < 1.29 is 9.15 Å². The second kappa shape index (κ2) is 6.06. The lowest BCUT2D eigenvalue weighted by Crippen LogP contribution is -1.99. The lowest BCUT2D eigenvalue weighted by Gasteiger charge is -2.03. The first kappa shape index (κ1) is 13.2. The summed E-state index contributed by atoms with van der Waals surface area (Å²) in [4.78, 5) is 0. The van der Waals surface area contributed by atoms with Crippen LogP contribution in [0.1, 0.15) is 12.7 Å². The highest BCUT2D eigenvalue weighted by molar-refractivity contribution is 7.99. The van der Waals surface area contributed by atoms with Crippen LogP contribution in [0.3, 0.4) is 0 Å². The monoisotopic (exact) mass is 267 g/mol. The van der Waals surface area contributed by atoms with Gasteiger partial charge in [0.05, 0.1) is 18.4 Å². The molecule has 0 fully saturated rings. The highest BCUT2D eigenvalue weighted by Gasteiger charge is 2.14. The zero-order valence-electron chi connectivity index (χ0n) is 10.8. The van der Waals surface area contributed by atoms with Gasteiger partial charge in [0, 0.05) is 19.4 Å². The molecule has 0 aromatic carbocycles. The third-order valence-corrected chi connectivity index (χ3v) is 3.58. The van der Waals surface area contributed by atoms with E-state index in [9.17, 15) is 0 Å². The molecule has 0 aliphatic carbocycles. The fourth-order valence-corrected chi connectivity index (χ4v) is 2.39. The molecule has 0 N–H and O–H groups in total. The van der Waals surface area contributed by atoms with Crippen molar-refractivity contribution in [3.63, 3.8) is 0 Å². The van der Waals surface area contributed by atoms with Crippen molar-refractivity contribution in [2.45, 2.75) is 19.0 Å². The van der Waals surface area contributed by atoms with E-state index in [2.05, 4.69) is 10.2 Å². The van der Waals surface area contributed by atoms with E-state index in [1.807, 2.05) is 31.5 Å². The van der Waals surface area contributed by atoms with Crippen LogP contribution >= 0.6 is 11.8 Å². The molecule has 0 spiro atoms. The van der Waals surface area contributed by atoms with Crippen LogP contribution in [0.25, 0.3) is 11.4 Å². The topological polar surface area (TPSA) is 53.1 Å². The maximum atomic E-state index is 5.30. The Balaban J connectivity index is 2.07. The first-order valence-electron chi connectivity index (χ1n) is 5.88. The smallest absolute Gasteiger partial charge is 0.191 e. The second-order valence-corrected chi connectivity index (χ2v) is 4.86. The van der Waals surface area contributed by atoms with E-state index in [1.54, 1.807) is 18.0 Å². The average molecular weight is 267 g/mol. The van der Waals surface area contributed by atoms with Gasteiger partial charge in [0.15, 0.2) is 11.0 Å². The van der Waals surface area contributed by atoms with Crippen LogP contribution in [0, 0.1) is 6.92 Å². The maximum Gasteiger partial charge on any atom is 0.191 e. The molecule has 2 heterocycles. The highest BCUT2D eigenvalue weighted by atomic mass is 32.2. The lowest BCUT2D eigenvalue weighted by atomic mass is 10.2. The molecule has 5 nitrogen and oxygen atoms in total. The van der Waals surface area contributed by atoms with Gasteiger partial charge in [-0.15, -0.1) is 10.2 Å². The number of aromatic nitrogens is 3. The minimum Gasteiger partial charge on any atom is -0.469 e. The van der Waals surface area contributed by atoms with Crippen molar-refractivity contribution in [3.05, 3.63) is 18.1 Å². The number of furan rings is 1. The number of nitrogens with zero attached hydrogens (tertiary/aromatic N) is 3. The van der Waals surface area contributed by atoms with Crippen LogP contribution in [-0.4, -0.2) is 33.7 Å². The van der Waals surface area contributed by atoms with Crippen LogP contribution in [0.15, 0.2) is 21.9 Å². The molecular formula is C12H17N3O2S. The molecule has 2 aromatic rings. The molecule has 0 unspecified atom stereocenters. The summed E-state index contributed by atoms with van der Waals surface area (Å²) in [5.41, 5.74) is 0.988. The molecule has 0 aliphatic rings. The fraction of sp³-hybridized carbons (Fsp3) is 0.500. The summed E-state index contributed by atoms with van der Waals surface area (Å²) in [5.74, 6) is 2.57. The predicted molar refractivity (Wildman–Crippen MR) is 70.7 cm³/mol. The molecule has 18 heavy (non-hydrogen) atoms. The molecule has 98 valence electrons. The first-order valence-corrected chi connectivity index (χ1v) is 6.87. The molecule has 0 atom stereocenters. The van der Waals surface area contributed by atoms with Gasteiger partial charge in [-0.05, 0) is 19.9 Å². The van der Waals surface area contributed by atoms with Gasteiger partial charge >= 0.3 is 0 Å². The van der Waals surface area contributed by atoms with Gasteiger partial charge in [-0.3, -0.25) is 0 Å². The third kappa shape index (κ3) is 2.76. The molecule has 0 saturated carbocycles. The van der Waals surface area contributed by atoms with E-state index in [-0.39, 0.29) is 0 Å². The second-order valence-electron chi connectivity index (χ2n) is 3.80. The summed E-state index contributed by atoms with van der Waals surface area (Å²) in [6, 6.07) is 1.91. The Hall–Kier alpha value is -1.27. The van der Waals surface area contributed by atoms with Crippen LogP contribution in [0.5, 0.6) is 0 Å². The highest BCUT2D eigenvalue weighted by Crippen LogP contribution is 2.25. The SMILES string of the molecule is CCOCCSc1nnc(-c2ccoc2C)n1C. The Morgan fingerprint density at radius 1 is 1.44 bits per heavy atom. The van der Waals surface area contributed by atoms with Crippen LogP contribution in [0.2, 0.25) is 0 Å². The van der Waals surface area contributed by atoms with Crippen molar-refractivity contribution in [2.24, 2.45) is 7.05 Å². The summed E-state index contributed by atoms with van der Waals surface area (Å²) in [6.07, 6.45) is 1.67. The Morgan fingerprint density at radius 3 is 2.94 bits per heavy atom. The third-order valence-electron chi connectivity index (χ3n) is 2.60. The number of thioether (sulfide) groups is 1. The molecule has 6 heteroatoms. The summed E-state index contributed by atoms with van der Waals surface area (Å²) in [5, 5.41) is 9.29. The van der Waals surface area contributed by atoms with E-state index < -0.39 is 0 Å². The van der Waals surface area contributed by atoms with E-state index >= 15 is 0 Å². The van der Waals surface area contributed by atoms with Gasteiger partial charge in [0.1, 0.15) is 5.76 Å².